The van der Waals surface area contributed by atoms with Crippen LogP contribution in [-0.4, -0.2) is 10.9 Å². The number of nitrogens with zero attached hydrogens (tertiary/aromatic N) is 1. The second-order valence-electron chi connectivity index (χ2n) is 3.74. The summed E-state index contributed by atoms with van der Waals surface area (Å²) in [5.41, 5.74) is 3.77. The Hall–Kier alpha value is -1.47. The van der Waals surface area contributed by atoms with Gasteiger partial charge in [-0.3, -0.25) is 10.2 Å². The Balaban J connectivity index is 1.84. The number of nitrogen functional groups attached to an aromatic ring is 1. The van der Waals surface area contributed by atoms with Crippen LogP contribution < -0.4 is 11.3 Å². The molecule has 0 aliphatic heterocycles. The van der Waals surface area contributed by atoms with Crippen molar-refractivity contribution >= 4 is 28.8 Å². The van der Waals surface area contributed by atoms with Gasteiger partial charge in [0.2, 0.25) is 0 Å². The molecule has 2 rings (SSSR count). The van der Waals surface area contributed by atoms with E-state index in [0.717, 1.165) is 5.56 Å². The van der Waals surface area contributed by atoms with Gasteiger partial charge in [0.25, 0.3) is 5.91 Å². The van der Waals surface area contributed by atoms with Crippen LogP contribution in [0, 0.1) is 0 Å². The number of nitrogens with one attached hydrogen (secondary N) is 1. The lowest BCUT2D eigenvalue weighted by atomic mass is 10.2. The maximum absolute atomic E-state index is 11.2. The van der Waals surface area contributed by atoms with Crippen molar-refractivity contribution in [2.45, 2.75) is 13.2 Å². The summed E-state index contributed by atoms with van der Waals surface area (Å²) in [6.07, 6.45) is 0. The molecule has 1 heterocycles. The van der Waals surface area contributed by atoms with Gasteiger partial charge in [-0.25, -0.2) is 10.8 Å². The van der Waals surface area contributed by atoms with Crippen LogP contribution in [0.2, 0.25) is 5.02 Å². The minimum absolute atomic E-state index is 0.326. The third-order valence-electron chi connectivity index (χ3n) is 2.31. The molecule has 0 spiro atoms. The molecule has 0 unspecified atom stereocenters. The number of halogens is 1. The van der Waals surface area contributed by atoms with Crippen LogP contribution in [0.5, 0.6) is 0 Å². The number of aromatic nitrogens is 1. The normalized spacial score (nSPS) is 10.4. The number of hydrogen-bond donors (Lipinski definition) is 2. The summed E-state index contributed by atoms with van der Waals surface area (Å²) in [7, 11) is 0. The minimum atomic E-state index is -0.394. The summed E-state index contributed by atoms with van der Waals surface area (Å²) in [4.78, 5) is 15.3. The van der Waals surface area contributed by atoms with E-state index in [1.807, 2.05) is 29.7 Å². The fourth-order valence-electron chi connectivity index (χ4n) is 1.39. The van der Waals surface area contributed by atoms with E-state index in [1.165, 1.54) is 11.3 Å². The third kappa shape index (κ3) is 4.00. The standard InChI is InChI=1S/C12H12ClN3O2S/c13-9-3-1-8(2-4-9)5-18-6-10-7-19-12(15-10)11(17)16-14/h1-4,7H,5-6,14H2,(H,16,17). The van der Waals surface area contributed by atoms with Gasteiger partial charge in [-0.2, -0.15) is 0 Å². The molecule has 0 saturated heterocycles. The lowest BCUT2D eigenvalue weighted by molar-refractivity contribution is 0.0948. The minimum Gasteiger partial charge on any atom is -0.370 e. The van der Waals surface area contributed by atoms with E-state index in [1.54, 1.807) is 5.38 Å². The number of hydrogen-bond acceptors (Lipinski definition) is 5. The number of carbonyl (C=O) groups excluding carboxylic acids is 1. The summed E-state index contributed by atoms with van der Waals surface area (Å²) in [5, 5.41) is 2.79. The van der Waals surface area contributed by atoms with E-state index in [-0.39, 0.29) is 0 Å². The Kier molecular flexibility index (Phi) is 4.86. The maximum Gasteiger partial charge on any atom is 0.294 e. The van der Waals surface area contributed by atoms with Crippen LogP contribution in [0.3, 0.4) is 0 Å². The Labute approximate surface area is 119 Å². The molecule has 1 aromatic carbocycles. The van der Waals surface area contributed by atoms with E-state index < -0.39 is 5.91 Å². The molecular weight excluding hydrogens is 286 g/mol. The van der Waals surface area contributed by atoms with Gasteiger partial charge >= 0.3 is 0 Å². The Bertz CT molecular complexity index is 556. The molecule has 100 valence electrons. The number of thiazole rings is 1. The van der Waals surface area contributed by atoms with Crippen LogP contribution in [0.4, 0.5) is 0 Å². The van der Waals surface area contributed by atoms with Crippen LogP contribution in [0.1, 0.15) is 21.1 Å². The van der Waals surface area contributed by atoms with Crippen molar-refractivity contribution in [1.29, 1.82) is 0 Å². The quantitative estimate of drug-likeness (QED) is 0.503. The van der Waals surface area contributed by atoms with Crippen molar-refractivity contribution in [2.75, 3.05) is 0 Å². The number of nitrogens with two attached hydrogens (primary N) is 1. The molecule has 1 aromatic heterocycles. The fourth-order valence-corrected chi connectivity index (χ4v) is 2.22. The van der Waals surface area contributed by atoms with E-state index in [2.05, 4.69) is 4.98 Å². The van der Waals surface area contributed by atoms with Crippen molar-refractivity contribution < 1.29 is 9.53 Å². The lowest BCUT2D eigenvalue weighted by Crippen LogP contribution is -2.29. The van der Waals surface area contributed by atoms with Crippen molar-refractivity contribution in [3.63, 3.8) is 0 Å². The van der Waals surface area contributed by atoms with E-state index in [4.69, 9.17) is 22.2 Å². The predicted octanol–water partition coefficient (Wildman–Crippen LogP) is 2.12. The molecule has 0 bridgehead atoms. The van der Waals surface area contributed by atoms with Crippen LogP contribution in [-0.2, 0) is 18.0 Å². The molecular formula is C12H12ClN3O2S. The zero-order valence-corrected chi connectivity index (χ0v) is 11.5. The largest absolute Gasteiger partial charge is 0.370 e. The zero-order valence-electron chi connectivity index (χ0n) is 9.93. The molecule has 3 N–H and O–H groups in total. The molecule has 0 aliphatic rings. The third-order valence-corrected chi connectivity index (χ3v) is 3.45. The first kappa shape index (κ1) is 14.0. The van der Waals surface area contributed by atoms with E-state index in [0.29, 0.717) is 28.9 Å². The van der Waals surface area contributed by atoms with Crippen LogP contribution in [0.15, 0.2) is 29.6 Å². The SMILES string of the molecule is NNC(=O)c1nc(COCc2ccc(Cl)cc2)cs1. The van der Waals surface area contributed by atoms with Crippen LogP contribution >= 0.6 is 22.9 Å². The fraction of sp³-hybridized carbons (Fsp3) is 0.167. The summed E-state index contributed by atoms with van der Waals surface area (Å²) < 4.78 is 5.51. The van der Waals surface area contributed by atoms with Gasteiger partial charge in [0.15, 0.2) is 5.01 Å². The van der Waals surface area contributed by atoms with Crippen molar-refractivity contribution in [2.24, 2.45) is 5.84 Å². The second kappa shape index (κ2) is 6.63. The molecule has 19 heavy (non-hydrogen) atoms. The Morgan fingerprint density at radius 3 is 2.79 bits per heavy atom. The van der Waals surface area contributed by atoms with Gasteiger partial charge in [-0.15, -0.1) is 11.3 Å². The van der Waals surface area contributed by atoms with Gasteiger partial charge in [0.1, 0.15) is 0 Å². The molecule has 0 atom stereocenters. The number of hydrazine groups is 1. The first-order valence-corrected chi connectivity index (χ1v) is 6.72. The molecule has 7 heteroatoms. The molecule has 2 aromatic rings. The summed E-state index contributed by atoms with van der Waals surface area (Å²) in [6.45, 7) is 0.810. The average Bonchev–Trinajstić information content (AvgIpc) is 2.89. The Morgan fingerprint density at radius 2 is 2.11 bits per heavy atom. The number of amides is 1. The highest BCUT2D eigenvalue weighted by Gasteiger charge is 2.09. The maximum atomic E-state index is 11.2. The number of benzene rings is 1. The summed E-state index contributed by atoms with van der Waals surface area (Å²) >= 11 is 7.02. The summed E-state index contributed by atoms with van der Waals surface area (Å²) in [6, 6.07) is 7.42. The van der Waals surface area contributed by atoms with Gasteiger partial charge in [-0.1, -0.05) is 23.7 Å². The molecule has 1 amide bonds. The average molecular weight is 298 g/mol. The first-order valence-electron chi connectivity index (χ1n) is 5.46. The Morgan fingerprint density at radius 1 is 1.37 bits per heavy atom. The topological polar surface area (TPSA) is 77.2 Å². The zero-order chi connectivity index (χ0) is 13.7. The monoisotopic (exact) mass is 297 g/mol. The van der Waals surface area contributed by atoms with Gasteiger partial charge in [0.05, 0.1) is 18.9 Å². The second-order valence-corrected chi connectivity index (χ2v) is 5.03. The summed E-state index contributed by atoms with van der Waals surface area (Å²) in [5.74, 6) is 4.63. The molecule has 0 fully saturated rings. The molecule has 5 nitrogen and oxygen atoms in total. The number of rotatable bonds is 5. The highest BCUT2D eigenvalue weighted by molar-refractivity contribution is 7.11. The highest BCUT2D eigenvalue weighted by Crippen LogP contribution is 2.13. The molecule has 0 radical (unpaired) electrons. The lowest BCUT2D eigenvalue weighted by Gasteiger charge is -2.02. The van der Waals surface area contributed by atoms with Crippen LogP contribution in [0.25, 0.3) is 0 Å². The van der Waals surface area contributed by atoms with E-state index >= 15 is 0 Å². The number of ether oxygens (including phenoxy) is 1. The van der Waals surface area contributed by atoms with Crippen molar-refractivity contribution in [1.82, 2.24) is 10.4 Å². The van der Waals surface area contributed by atoms with Crippen molar-refractivity contribution in [3.05, 3.63) is 50.9 Å². The predicted molar refractivity (Wildman–Crippen MR) is 73.7 cm³/mol. The molecule has 0 aliphatic carbocycles. The van der Waals surface area contributed by atoms with Gasteiger partial charge < -0.3 is 4.74 Å². The smallest absolute Gasteiger partial charge is 0.294 e. The van der Waals surface area contributed by atoms with Gasteiger partial charge in [-0.05, 0) is 17.7 Å². The number of carbonyl (C=O) groups is 1. The first-order chi connectivity index (χ1) is 9.19. The van der Waals surface area contributed by atoms with E-state index in [9.17, 15) is 4.79 Å². The highest BCUT2D eigenvalue weighted by atomic mass is 35.5. The van der Waals surface area contributed by atoms with Gasteiger partial charge in [0, 0.05) is 10.4 Å². The van der Waals surface area contributed by atoms with Crippen molar-refractivity contribution in [3.8, 4) is 0 Å². The molecule has 0 saturated carbocycles.